The van der Waals surface area contributed by atoms with Crippen LogP contribution in [0.15, 0.2) is 66.7 Å². The van der Waals surface area contributed by atoms with Gasteiger partial charge in [-0.05, 0) is 29.8 Å². The third kappa shape index (κ3) is 5.37. The van der Waals surface area contributed by atoms with Crippen LogP contribution in [0.4, 0.5) is 0 Å². The number of ether oxygens (including phenoxy) is 2. The van der Waals surface area contributed by atoms with E-state index in [1.165, 1.54) is 17.8 Å². The van der Waals surface area contributed by atoms with Gasteiger partial charge in [-0.15, -0.1) is 11.8 Å². The van der Waals surface area contributed by atoms with Crippen LogP contribution in [0.1, 0.15) is 38.4 Å². The van der Waals surface area contributed by atoms with Gasteiger partial charge in [0.05, 0.1) is 16.4 Å². The van der Waals surface area contributed by atoms with Crippen molar-refractivity contribution in [1.29, 1.82) is 0 Å². The topological polar surface area (TPSA) is 197 Å². The third-order valence-electron chi connectivity index (χ3n) is 6.48. The summed E-state index contributed by atoms with van der Waals surface area (Å²) in [5.74, 6) is -5.80. The highest BCUT2D eigenvalue weighted by Crippen LogP contribution is 2.55. The number of carbonyl (C=O) groups is 1. The Morgan fingerprint density at radius 1 is 0.756 bits per heavy atom. The number of thioether (sulfide) groups is 1. The molecule has 0 radical (unpaired) electrons. The van der Waals surface area contributed by atoms with E-state index in [4.69, 9.17) is 9.47 Å². The minimum atomic E-state index is -1.29. The van der Waals surface area contributed by atoms with Crippen LogP contribution in [0.2, 0.25) is 0 Å². The Balaban J connectivity index is 1.63. The molecule has 2 unspecified atom stereocenters. The van der Waals surface area contributed by atoms with Crippen molar-refractivity contribution >= 4 is 17.7 Å². The number of rotatable bonds is 6. The largest absolute Gasteiger partial charge is 0.508 e. The van der Waals surface area contributed by atoms with Crippen LogP contribution in [0.3, 0.4) is 0 Å². The lowest BCUT2D eigenvalue weighted by Gasteiger charge is -2.39. The monoisotopic (exact) mass is 580 g/mol. The van der Waals surface area contributed by atoms with E-state index in [9.17, 15) is 45.6 Å². The molecule has 4 aromatic rings. The summed E-state index contributed by atoms with van der Waals surface area (Å²) < 4.78 is 11.9. The minimum absolute atomic E-state index is 0.0392. The fourth-order valence-corrected chi connectivity index (χ4v) is 5.89. The van der Waals surface area contributed by atoms with Gasteiger partial charge in [0.1, 0.15) is 17.2 Å². The summed E-state index contributed by atoms with van der Waals surface area (Å²) in [6.07, 6.45) is -2.56. The molecule has 0 spiro atoms. The van der Waals surface area contributed by atoms with Gasteiger partial charge in [-0.3, -0.25) is 0 Å². The Hall–Kier alpha value is -5.10. The van der Waals surface area contributed by atoms with Gasteiger partial charge in [0.2, 0.25) is 0 Å². The maximum Gasteiger partial charge on any atom is 0.338 e. The zero-order chi connectivity index (χ0) is 29.4. The lowest BCUT2D eigenvalue weighted by molar-refractivity contribution is -0.0203. The molecule has 5 rings (SSSR count). The first-order valence-corrected chi connectivity index (χ1v) is 13.2. The van der Waals surface area contributed by atoms with Crippen molar-refractivity contribution in [3.05, 3.63) is 89.0 Å². The lowest BCUT2D eigenvalue weighted by atomic mass is 9.92. The molecule has 212 valence electrons. The fraction of sp³-hybridized carbons (Fsp3) is 0.138. The number of hydrogen-bond donors (Lipinski definition) is 8. The van der Waals surface area contributed by atoms with Crippen molar-refractivity contribution < 1.29 is 55.1 Å². The standard InChI is InChI=1S/C29H24O11S/c30-16-10-17(31)23-22(11-16)39-26(14-6-18(32)24(36)19(33)7-14)27(28(23)41-12-13-4-2-1-3-5-13)40-29(38)15-8-20(34)25(37)21(35)9-15/h1-11,26-28,30-37H,12H2/t26-,27?,28?/m1/s1. The van der Waals surface area contributed by atoms with Crippen LogP contribution in [-0.4, -0.2) is 52.9 Å². The predicted molar refractivity (Wildman–Crippen MR) is 146 cm³/mol. The second kappa shape index (κ2) is 10.8. The molecule has 12 heteroatoms. The highest BCUT2D eigenvalue weighted by molar-refractivity contribution is 7.98. The summed E-state index contributed by atoms with van der Waals surface area (Å²) >= 11 is 1.27. The Kier molecular flexibility index (Phi) is 7.24. The number of fused-ring (bicyclic) bond motifs is 1. The zero-order valence-corrected chi connectivity index (χ0v) is 21.8. The maximum absolute atomic E-state index is 13.3. The van der Waals surface area contributed by atoms with Crippen molar-refractivity contribution in [2.75, 3.05) is 0 Å². The summed E-state index contributed by atoms with van der Waals surface area (Å²) in [6.45, 7) is 0. The maximum atomic E-state index is 13.3. The Bertz CT molecular complexity index is 1580. The number of benzene rings is 4. The van der Waals surface area contributed by atoms with Crippen molar-refractivity contribution in [3.63, 3.8) is 0 Å². The number of hydrogen-bond acceptors (Lipinski definition) is 12. The average molecular weight is 581 g/mol. The van der Waals surface area contributed by atoms with E-state index >= 15 is 0 Å². The van der Waals surface area contributed by atoms with Crippen LogP contribution < -0.4 is 4.74 Å². The van der Waals surface area contributed by atoms with E-state index in [-0.39, 0.29) is 33.9 Å². The predicted octanol–water partition coefficient (Wildman–Crippen LogP) is 4.67. The second-order valence-electron chi connectivity index (χ2n) is 9.27. The first-order valence-electron chi connectivity index (χ1n) is 12.1. The molecule has 3 atom stereocenters. The summed E-state index contributed by atoms with van der Waals surface area (Å²) in [5, 5.41) is 80.0. The number of phenolic OH excluding ortho intramolecular Hbond substituents is 8. The first-order chi connectivity index (χ1) is 19.5. The van der Waals surface area contributed by atoms with Gasteiger partial charge in [0, 0.05) is 23.4 Å². The molecule has 0 amide bonds. The Morgan fingerprint density at radius 2 is 1.34 bits per heavy atom. The van der Waals surface area contributed by atoms with Crippen molar-refractivity contribution in [2.45, 2.75) is 23.2 Å². The summed E-state index contributed by atoms with van der Waals surface area (Å²) in [6, 6.07) is 15.6. The SMILES string of the molecule is O=C(OC1C(SCc2ccccc2)c2c(O)cc(O)cc2O[C@@H]1c1cc(O)c(O)c(O)c1)c1cc(O)c(O)c(O)c1. The highest BCUT2D eigenvalue weighted by Gasteiger charge is 2.45. The molecule has 4 aromatic carbocycles. The molecule has 11 nitrogen and oxygen atoms in total. The summed E-state index contributed by atoms with van der Waals surface area (Å²) in [7, 11) is 0. The van der Waals surface area contributed by atoms with Crippen LogP contribution in [-0.2, 0) is 10.5 Å². The van der Waals surface area contributed by atoms with Gasteiger partial charge in [-0.2, -0.15) is 0 Å². The van der Waals surface area contributed by atoms with Gasteiger partial charge in [-0.25, -0.2) is 4.79 Å². The summed E-state index contributed by atoms with van der Waals surface area (Å²) in [4.78, 5) is 13.3. The number of aromatic hydroxyl groups is 8. The van der Waals surface area contributed by atoms with Crippen molar-refractivity contribution in [3.8, 4) is 51.7 Å². The molecule has 0 aliphatic carbocycles. The molecule has 0 aromatic heterocycles. The van der Waals surface area contributed by atoms with Crippen LogP contribution in [0.25, 0.3) is 0 Å². The zero-order valence-electron chi connectivity index (χ0n) is 21.0. The Morgan fingerprint density at radius 3 is 1.95 bits per heavy atom. The second-order valence-corrected chi connectivity index (χ2v) is 10.4. The molecule has 8 N–H and O–H groups in total. The Labute approximate surface area is 236 Å². The van der Waals surface area contributed by atoms with E-state index < -0.39 is 57.9 Å². The molecule has 0 bridgehead atoms. The molecular weight excluding hydrogens is 556 g/mol. The molecule has 0 saturated heterocycles. The normalized spacial score (nSPS) is 17.8. The van der Waals surface area contributed by atoms with E-state index in [2.05, 4.69) is 0 Å². The molecule has 0 fully saturated rings. The molecule has 1 aliphatic rings. The number of phenols is 8. The van der Waals surface area contributed by atoms with E-state index in [0.29, 0.717) is 5.75 Å². The van der Waals surface area contributed by atoms with Crippen molar-refractivity contribution in [2.24, 2.45) is 0 Å². The van der Waals surface area contributed by atoms with Gasteiger partial charge in [0.25, 0.3) is 0 Å². The van der Waals surface area contributed by atoms with Gasteiger partial charge >= 0.3 is 5.97 Å². The lowest BCUT2D eigenvalue weighted by Crippen LogP contribution is -2.37. The highest BCUT2D eigenvalue weighted by atomic mass is 32.2. The average Bonchev–Trinajstić information content (AvgIpc) is 2.93. The molecule has 41 heavy (non-hydrogen) atoms. The number of carbonyl (C=O) groups excluding carboxylic acids is 1. The van der Waals surface area contributed by atoms with Crippen LogP contribution in [0, 0.1) is 0 Å². The van der Waals surface area contributed by atoms with E-state index in [1.54, 1.807) is 0 Å². The molecule has 0 saturated carbocycles. The van der Waals surface area contributed by atoms with E-state index in [1.807, 2.05) is 30.3 Å². The smallest absolute Gasteiger partial charge is 0.338 e. The fourth-order valence-electron chi connectivity index (χ4n) is 4.53. The van der Waals surface area contributed by atoms with E-state index in [0.717, 1.165) is 35.9 Å². The van der Waals surface area contributed by atoms with Gasteiger partial charge in [0.15, 0.2) is 46.7 Å². The van der Waals surface area contributed by atoms with Crippen LogP contribution >= 0.6 is 11.8 Å². The van der Waals surface area contributed by atoms with Gasteiger partial charge < -0.3 is 50.3 Å². The summed E-state index contributed by atoms with van der Waals surface area (Å²) in [5.41, 5.74) is 0.853. The van der Waals surface area contributed by atoms with Crippen molar-refractivity contribution in [1.82, 2.24) is 0 Å². The van der Waals surface area contributed by atoms with Gasteiger partial charge in [-0.1, -0.05) is 30.3 Å². The van der Waals surface area contributed by atoms with Crippen LogP contribution in [0.5, 0.6) is 51.7 Å². The number of esters is 1. The quantitative estimate of drug-likeness (QED) is 0.116. The third-order valence-corrected chi connectivity index (χ3v) is 7.84. The molecular formula is C29H24O11S. The molecule has 1 aliphatic heterocycles. The molecule has 1 heterocycles. The minimum Gasteiger partial charge on any atom is -0.508 e. The first kappa shape index (κ1) is 27.5.